The molecule has 1 aromatic carbocycles. The lowest BCUT2D eigenvalue weighted by Gasteiger charge is -2.31. The number of alkyl halides is 3. The van der Waals surface area contributed by atoms with Crippen LogP contribution in [0.15, 0.2) is 24.3 Å². The van der Waals surface area contributed by atoms with Gasteiger partial charge in [0.15, 0.2) is 0 Å². The quantitative estimate of drug-likeness (QED) is 0.659. The number of nitrogens with one attached hydrogen (secondary N) is 2. The SMILES string of the molecule is CC(=O)Nc1ccc(C(=O)N2CCC(C(=O)NC(C)C)CC2)cc1.O=C(O)C(F)(F)F. The van der Waals surface area contributed by atoms with Crippen molar-refractivity contribution in [2.24, 2.45) is 5.92 Å². The third-order valence-electron chi connectivity index (χ3n) is 4.28. The molecule has 11 heteroatoms. The van der Waals surface area contributed by atoms with E-state index in [4.69, 9.17) is 9.90 Å². The van der Waals surface area contributed by atoms with Crippen molar-refractivity contribution in [3.8, 4) is 0 Å². The monoisotopic (exact) mass is 445 g/mol. The molecule has 1 heterocycles. The standard InChI is InChI=1S/C18H25N3O3.C2HF3O2/c1-12(2)19-17(23)14-8-10-21(11-9-14)18(24)15-4-6-16(7-5-15)20-13(3)22;3-2(4,5)1(6)7/h4-7,12,14H,8-11H2,1-3H3,(H,19,23)(H,20,22);(H,6,7). The summed E-state index contributed by atoms with van der Waals surface area (Å²) in [6.07, 6.45) is -3.71. The number of anilines is 1. The van der Waals surface area contributed by atoms with Crippen molar-refractivity contribution in [1.29, 1.82) is 0 Å². The lowest BCUT2D eigenvalue weighted by atomic mass is 9.95. The van der Waals surface area contributed by atoms with Crippen LogP contribution in [0.25, 0.3) is 0 Å². The summed E-state index contributed by atoms with van der Waals surface area (Å²) in [5, 5.41) is 12.7. The number of carboxylic acids is 1. The summed E-state index contributed by atoms with van der Waals surface area (Å²) in [5.74, 6) is -2.87. The van der Waals surface area contributed by atoms with E-state index >= 15 is 0 Å². The van der Waals surface area contributed by atoms with Crippen molar-refractivity contribution in [3.63, 3.8) is 0 Å². The molecule has 3 amide bonds. The second-order valence-electron chi connectivity index (χ2n) is 7.29. The molecule has 0 radical (unpaired) electrons. The zero-order chi connectivity index (χ0) is 23.8. The highest BCUT2D eigenvalue weighted by Crippen LogP contribution is 2.20. The fourth-order valence-electron chi connectivity index (χ4n) is 2.83. The highest BCUT2D eigenvalue weighted by molar-refractivity contribution is 5.95. The number of benzene rings is 1. The van der Waals surface area contributed by atoms with Gasteiger partial charge in [-0.3, -0.25) is 14.4 Å². The molecule has 0 unspecified atom stereocenters. The second kappa shape index (κ2) is 11.3. The Morgan fingerprint density at radius 2 is 1.55 bits per heavy atom. The minimum absolute atomic E-state index is 0.0152. The Kier molecular flexibility index (Phi) is 9.47. The molecule has 0 aromatic heterocycles. The Morgan fingerprint density at radius 1 is 1.06 bits per heavy atom. The molecular weight excluding hydrogens is 419 g/mol. The Morgan fingerprint density at radius 3 is 1.94 bits per heavy atom. The van der Waals surface area contributed by atoms with Crippen LogP contribution in [0.3, 0.4) is 0 Å². The van der Waals surface area contributed by atoms with Crippen molar-refractivity contribution in [2.45, 2.75) is 45.8 Å². The number of carbonyl (C=O) groups excluding carboxylic acids is 3. The minimum Gasteiger partial charge on any atom is -0.475 e. The Bertz CT molecular complexity index is 786. The van der Waals surface area contributed by atoms with E-state index in [2.05, 4.69) is 10.6 Å². The van der Waals surface area contributed by atoms with Crippen LogP contribution in [0, 0.1) is 5.92 Å². The third-order valence-corrected chi connectivity index (χ3v) is 4.28. The molecule has 0 saturated carbocycles. The number of amides is 3. The molecule has 1 fully saturated rings. The zero-order valence-electron chi connectivity index (χ0n) is 17.5. The average molecular weight is 445 g/mol. The predicted octanol–water partition coefficient (Wildman–Crippen LogP) is 2.66. The summed E-state index contributed by atoms with van der Waals surface area (Å²) in [5.41, 5.74) is 1.26. The number of halogens is 3. The molecule has 0 atom stereocenters. The van der Waals surface area contributed by atoms with Gasteiger partial charge in [0.25, 0.3) is 5.91 Å². The van der Waals surface area contributed by atoms with Crippen molar-refractivity contribution in [1.82, 2.24) is 10.2 Å². The van der Waals surface area contributed by atoms with E-state index in [0.29, 0.717) is 37.2 Å². The number of piperidine rings is 1. The number of hydrogen-bond acceptors (Lipinski definition) is 4. The smallest absolute Gasteiger partial charge is 0.475 e. The van der Waals surface area contributed by atoms with E-state index < -0.39 is 12.1 Å². The summed E-state index contributed by atoms with van der Waals surface area (Å²) < 4.78 is 31.7. The molecule has 0 aliphatic carbocycles. The van der Waals surface area contributed by atoms with Crippen molar-refractivity contribution >= 4 is 29.4 Å². The third kappa shape index (κ3) is 9.06. The maximum absolute atomic E-state index is 12.5. The van der Waals surface area contributed by atoms with Gasteiger partial charge in [-0.15, -0.1) is 0 Å². The summed E-state index contributed by atoms with van der Waals surface area (Å²) in [4.78, 5) is 46.3. The van der Waals surface area contributed by atoms with Gasteiger partial charge in [0.05, 0.1) is 0 Å². The van der Waals surface area contributed by atoms with Crippen molar-refractivity contribution in [2.75, 3.05) is 18.4 Å². The summed E-state index contributed by atoms with van der Waals surface area (Å²) >= 11 is 0. The maximum Gasteiger partial charge on any atom is 0.490 e. The van der Waals surface area contributed by atoms with Crippen LogP contribution in [-0.4, -0.2) is 59.0 Å². The van der Waals surface area contributed by atoms with Gasteiger partial charge in [-0.05, 0) is 51.0 Å². The van der Waals surface area contributed by atoms with Gasteiger partial charge in [-0.2, -0.15) is 13.2 Å². The Balaban J connectivity index is 0.000000592. The van der Waals surface area contributed by atoms with Crippen LogP contribution in [0.4, 0.5) is 18.9 Å². The summed E-state index contributed by atoms with van der Waals surface area (Å²) in [6.45, 7) is 6.51. The molecule has 1 aliphatic heterocycles. The predicted molar refractivity (Wildman–Crippen MR) is 106 cm³/mol. The fraction of sp³-hybridized carbons (Fsp3) is 0.500. The number of nitrogens with zero attached hydrogens (tertiary/aromatic N) is 1. The lowest BCUT2D eigenvalue weighted by Crippen LogP contribution is -2.44. The largest absolute Gasteiger partial charge is 0.490 e. The molecule has 0 spiro atoms. The highest BCUT2D eigenvalue weighted by atomic mass is 19.4. The van der Waals surface area contributed by atoms with Gasteiger partial charge in [-0.1, -0.05) is 0 Å². The van der Waals surface area contributed by atoms with E-state index in [1.165, 1.54) is 6.92 Å². The van der Waals surface area contributed by atoms with E-state index in [9.17, 15) is 27.6 Å². The Hall–Kier alpha value is -3.11. The molecule has 172 valence electrons. The first-order valence-electron chi connectivity index (χ1n) is 9.58. The van der Waals surface area contributed by atoms with Gasteiger partial charge in [0, 0.05) is 43.2 Å². The topological polar surface area (TPSA) is 116 Å². The van der Waals surface area contributed by atoms with Crippen LogP contribution in [0.2, 0.25) is 0 Å². The van der Waals surface area contributed by atoms with Crippen LogP contribution in [0.5, 0.6) is 0 Å². The van der Waals surface area contributed by atoms with E-state index in [1.807, 2.05) is 13.8 Å². The molecule has 1 aromatic rings. The van der Waals surface area contributed by atoms with E-state index in [0.717, 1.165) is 0 Å². The number of carbonyl (C=O) groups is 4. The number of carboxylic acid groups (broad SMARTS) is 1. The normalized spacial score (nSPS) is 14.4. The minimum atomic E-state index is -5.08. The molecule has 1 saturated heterocycles. The van der Waals surface area contributed by atoms with Crippen LogP contribution in [-0.2, 0) is 14.4 Å². The average Bonchev–Trinajstić information content (AvgIpc) is 2.67. The van der Waals surface area contributed by atoms with Gasteiger partial charge >= 0.3 is 12.1 Å². The molecule has 0 bridgehead atoms. The van der Waals surface area contributed by atoms with Gasteiger partial charge in [0.2, 0.25) is 11.8 Å². The number of likely N-dealkylation sites (tertiary alicyclic amines) is 1. The van der Waals surface area contributed by atoms with Crippen molar-refractivity contribution < 1.29 is 37.5 Å². The van der Waals surface area contributed by atoms with Crippen LogP contribution < -0.4 is 10.6 Å². The fourth-order valence-corrected chi connectivity index (χ4v) is 2.83. The summed E-state index contributed by atoms with van der Waals surface area (Å²) in [6, 6.07) is 7.00. The molecule has 1 aliphatic rings. The van der Waals surface area contributed by atoms with Crippen molar-refractivity contribution in [3.05, 3.63) is 29.8 Å². The molecule has 31 heavy (non-hydrogen) atoms. The number of hydrogen-bond donors (Lipinski definition) is 3. The Labute approximate surface area is 177 Å². The highest BCUT2D eigenvalue weighted by Gasteiger charge is 2.38. The number of aliphatic carboxylic acids is 1. The summed E-state index contributed by atoms with van der Waals surface area (Å²) in [7, 11) is 0. The van der Waals surface area contributed by atoms with E-state index in [-0.39, 0.29) is 29.7 Å². The molecule has 2 rings (SSSR count). The molecular formula is C20H26F3N3O5. The van der Waals surface area contributed by atoms with Gasteiger partial charge in [0.1, 0.15) is 0 Å². The van der Waals surface area contributed by atoms with Gasteiger partial charge in [-0.25, -0.2) is 4.79 Å². The first-order chi connectivity index (χ1) is 14.3. The van der Waals surface area contributed by atoms with Gasteiger partial charge < -0.3 is 20.6 Å². The van der Waals surface area contributed by atoms with Crippen LogP contribution >= 0.6 is 0 Å². The lowest BCUT2D eigenvalue weighted by molar-refractivity contribution is -0.192. The first kappa shape index (κ1) is 25.9. The number of rotatable bonds is 4. The zero-order valence-corrected chi connectivity index (χ0v) is 17.5. The second-order valence-corrected chi connectivity index (χ2v) is 7.29. The van der Waals surface area contributed by atoms with E-state index in [1.54, 1.807) is 29.2 Å². The first-order valence-corrected chi connectivity index (χ1v) is 9.58. The molecule has 8 nitrogen and oxygen atoms in total. The maximum atomic E-state index is 12.5. The van der Waals surface area contributed by atoms with Crippen LogP contribution in [0.1, 0.15) is 44.0 Å². The molecule has 3 N–H and O–H groups in total.